The fraction of sp³-hybridized carbons (Fsp3) is 0.767. The van der Waals surface area contributed by atoms with Crippen LogP contribution in [0.1, 0.15) is 105 Å². The van der Waals surface area contributed by atoms with E-state index in [0.29, 0.717) is 27.8 Å². The van der Waals surface area contributed by atoms with E-state index in [0.717, 1.165) is 63.5 Å². The Morgan fingerprint density at radius 3 is 2.69 bits per heavy atom. The minimum absolute atomic E-state index is 0.000272. The SMILES string of the molecule is CC/C=C(/NS(=O)C1(C)CC1)[C@@]12CC1/C=C\CCCCC[C@H](OP=CC(C)(C)C)C(=O)N1CCCC1C(=O)N2. The van der Waals surface area contributed by atoms with Gasteiger partial charge in [0.2, 0.25) is 5.91 Å². The summed E-state index contributed by atoms with van der Waals surface area (Å²) >= 11 is 0. The van der Waals surface area contributed by atoms with Crippen LogP contribution in [0, 0.1) is 11.3 Å². The van der Waals surface area contributed by atoms with E-state index >= 15 is 0 Å². The fourth-order valence-electron chi connectivity index (χ4n) is 5.45. The smallest absolute Gasteiger partial charge is 0.253 e. The molecule has 5 atom stereocenters. The van der Waals surface area contributed by atoms with Gasteiger partial charge in [-0.05, 0) is 75.9 Å². The molecule has 0 aromatic rings. The Labute approximate surface area is 239 Å². The maximum absolute atomic E-state index is 13.9. The van der Waals surface area contributed by atoms with Crippen molar-refractivity contribution >= 4 is 37.0 Å². The van der Waals surface area contributed by atoms with E-state index in [9.17, 15) is 13.8 Å². The molecule has 2 aliphatic carbocycles. The normalized spacial score (nSPS) is 33.4. The van der Waals surface area contributed by atoms with E-state index < -0.39 is 28.7 Å². The van der Waals surface area contributed by atoms with Gasteiger partial charge in [-0.3, -0.25) is 9.59 Å². The molecule has 3 fully saturated rings. The maximum atomic E-state index is 13.9. The first kappa shape index (κ1) is 30.5. The molecule has 39 heavy (non-hydrogen) atoms. The number of hydrogen-bond acceptors (Lipinski definition) is 4. The number of rotatable bonds is 7. The number of carbonyl (C=O) groups is 2. The van der Waals surface area contributed by atoms with Crippen molar-refractivity contribution in [2.75, 3.05) is 6.54 Å². The average molecular weight is 578 g/mol. The molecule has 2 N–H and O–H groups in total. The predicted molar refractivity (Wildman–Crippen MR) is 161 cm³/mol. The van der Waals surface area contributed by atoms with Crippen LogP contribution in [-0.2, 0) is 25.1 Å². The zero-order valence-electron chi connectivity index (χ0n) is 24.5. The van der Waals surface area contributed by atoms with Gasteiger partial charge < -0.3 is 19.5 Å². The number of carbonyl (C=O) groups excluding carboxylic acids is 2. The fourth-order valence-corrected chi connectivity index (χ4v) is 7.35. The highest BCUT2D eigenvalue weighted by atomic mass is 32.2. The second-order valence-electron chi connectivity index (χ2n) is 13.1. The summed E-state index contributed by atoms with van der Waals surface area (Å²) in [6, 6.07) is -0.506. The van der Waals surface area contributed by atoms with Gasteiger partial charge in [0.1, 0.15) is 23.1 Å². The molecule has 9 heteroatoms. The molecule has 4 aliphatic rings. The summed E-state index contributed by atoms with van der Waals surface area (Å²) in [7, 11) is -0.507. The molecule has 3 unspecified atom stereocenters. The van der Waals surface area contributed by atoms with E-state index in [-0.39, 0.29) is 27.9 Å². The van der Waals surface area contributed by atoms with E-state index in [4.69, 9.17) is 4.52 Å². The summed E-state index contributed by atoms with van der Waals surface area (Å²) in [4.78, 5) is 29.4. The quantitative estimate of drug-likeness (QED) is 0.306. The Kier molecular flexibility index (Phi) is 9.81. The van der Waals surface area contributed by atoms with Crippen LogP contribution < -0.4 is 10.0 Å². The van der Waals surface area contributed by atoms with Crippen molar-refractivity contribution < 1.29 is 18.3 Å². The highest BCUT2D eigenvalue weighted by Crippen LogP contribution is 2.51. The van der Waals surface area contributed by atoms with Crippen LogP contribution >= 0.6 is 8.43 Å². The average Bonchev–Trinajstić information content (AvgIpc) is 3.72. The predicted octanol–water partition coefficient (Wildman–Crippen LogP) is 5.57. The molecule has 2 heterocycles. The standard InChI is InChI=1S/C30H48N3O4PS/c1-6-13-25(32-39(36)29(5)17-18-29)30-20-22(30)14-10-8-7-9-11-16-24(37-38-21-28(2,3)4)27(35)33-19-12-15-23(33)26(34)31-30/h10,13-14,21-24,32H,6-9,11-12,15-20H2,1-5H3,(H,31,34)/b14-10-,25-13+/t22?,23?,24-,30+,39?/m0/s1. The summed E-state index contributed by atoms with van der Waals surface area (Å²) in [5, 5.41) is 3.37. The first-order valence-corrected chi connectivity index (χ1v) is 16.9. The molecule has 1 saturated heterocycles. The summed E-state index contributed by atoms with van der Waals surface area (Å²) in [5.41, 5.74) is 0.260. The molecule has 2 aliphatic heterocycles. The Hall–Kier alpha value is -1.50. The van der Waals surface area contributed by atoms with Crippen LogP contribution in [0.5, 0.6) is 0 Å². The van der Waals surface area contributed by atoms with E-state index in [1.807, 2.05) is 0 Å². The second kappa shape index (κ2) is 12.6. The van der Waals surface area contributed by atoms with Crippen LogP contribution in [0.4, 0.5) is 0 Å². The Balaban J connectivity index is 1.58. The lowest BCUT2D eigenvalue weighted by atomic mass is 10.0. The van der Waals surface area contributed by atoms with Crippen LogP contribution in [0.2, 0.25) is 0 Å². The second-order valence-corrected chi connectivity index (χ2v) is 15.5. The summed E-state index contributed by atoms with van der Waals surface area (Å²) < 4.78 is 22.4. The molecular weight excluding hydrogens is 529 g/mol. The van der Waals surface area contributed by atoms with Crippen molar-refractivity contribution in [1.82, 2.24) is 14.9 Å². The van der Waals surface area contributed by atoms with Gasteiger partial charge >= 0.3 is 0 Å². The lowest BCUT2D eigenvalue weighted by Gasteiger charge is -2.31. The third kappa shape index (κ3) is 7.62. The summed E-state index contributed by atoms with van der Waals surface area (Å²) in [6.07, 6.45) is 15.6. The van der Waals surface area contributed by atoms with Gasteiger partial charge in [-0.1, -0.05) is 58.8 Å². The number of fused-ring (bicyclic) bond motifs is 2. The number of nitrogens with one attached hydrogen (secondary N) is 2. The monoisotopic (exact) mass is 577 g/mol. The van der Waals surface area contributed by atoms with E-state index in [2.05, 4.69) is 68.7 Å². The van der Waals surface area contributed by atoms with Crippen molar-refractivity contribution in [3.8, 4) is 0 Å². The highest BCUT2D eigenvalue weighted by Gasteiger charge is 2.58. The van der Waals surface area contributed by atoms with E-state index in [1.165, 1.54) is 0 Å². The molecule has 0 aromatic heterocycles. The van der Waals surface area contributed by atoms with Crippen molar-refractivity contribution in [3.05, 3.63) is 23.9 Å². The van der Waals surface area contributed by atoms with Crippen molar-refractivity contribution in [3.63, 3.8) is 0 Å². The molecule has 0 spiro atoms. The topological polar surface area (TPSA) is 87.7 Å². The van der Waals surface area contributed by atoms with Crippen LogP contribution in [0.25, 0.3) is 0 Å². The lowest BCUT2D eigenvalue weighted by molar-refractivity contribution is -0.144. The third-order valence-corrected chi connectivity index (χ3v) is 11.3. The minimum Gasteiger partial charge on any atom is -0.343 e. The highest BCUT2D eigenvalue weighted by molar-refractivity contribution is 7.84. The zero-order chi connectivity index (χ0) is 28.3. The molecular formula is C30H48N3O4PS. The van der Waals surface area contributed by atoms with Gasteiger partial charge in [-0.2, -0.15) is 0 Å². The van der Waals surface area contributed by atoms with Gasteiger partial charge in [-0.15, -0.1) is 0 Å². The molecule has 0 bridgehead atoms. The molecule has 2 saturated carbocycles. The van der Waals surface area contributed by atoms with Crippen LogP contribution in [0.3, 0.4) is 0 Å². The molecule has 4 rings (SSSR count). The molecule has 2 amide bonds. The largest absolute Gasteiger partial charge is 0.343 e. The molecule has 218 valence electrons. The molecule has 7 nitrogen and oxygen atoms in total. The van der Waals surface area contributed by atoms with Crippen molar-refractivity contribution in [2.24, 2.45) is 11.3 Å². The number of nitrogens with zero attached hydrogens (tertiary/aromatic N) is 1. The molecule has 0 radical (unpaired) electrons. The van der Waals surface area contributed by atoms with Gasteiger partial charge in [0.15, 0.2) is 0 Å². The first-order chi connectivity index (χ1) is 18.5. The zero-order valence-corrected chi connectivity index (χ0v) is 26.2. The van der Waals surface area contributed by atoms with E-state index in [1.54, 1.807) is 4.90 Å². The van der Waals surface area contributed by atoms with Crippen molar-refractivity contribution in [1.29, 1.82) is 0 Å². The van der Waals surface area contributed by atoms with Gasteiger partial charge in [0, 0.05) is 18.2 Å². The number of hydrogen-bond donors (Lipinski definition) is 2. The van der Waals surface area contributed by atoms with Crippen LogP contribution in [-0.4, -0.2) is 55.7 Å². The summed E-state index contributed by atoms with van der Waals surface area (Å²) in [5.74, 6) is 2.04. The number of allylic oxidation sites excluding steroid dienone is 2. The Morgan fingerprint density at radius 2 is 2.00 bits per heavy atom. The summed E-state index contributed by atoms with van der Waals surface area (Å²) in [6.45, 7) is 11.0. The lowest BCUT2D eigenvalue weighted by Crippen LogP contribution is -2.54. The van der Waals surface area contributed by atoms with Crippen LogP contribution in [0.15, 0.2) is 23.9 Å². The van der Waals surface area contributed by atoms with Gasteiger partial charge in [-0.25, -0.2) is 4.21 Å². The maximum Gasteiger partial charge on any atom is 0.253 e. The molecule has 0 aromatic carbocycles. The van der Waals surface area contributed by atoms with Crippen molar-refractivity contribution in [2.45, 2.75) is 128 Å². The number of amides is 2. The minimum atomic E-state index is -1.21. The Bertz CT molecular complexity index is 1030. The Morgan fingerprint density at radius 1 is 1.23 bits per heavy atom. The first-order valence-electron chi connectivity index (χ1n) is 14.9. The van der Waals surface area contributed by atoms with Gasteiger partial charge in [0.25, 0.3) is 5.91 Å². The third-order valence-electron chi connectivity index (χ3n) is 8.30. The van der Waals surface area contributed by atoms with Gasteiger partial charge in [0.05, 0.1) is 18.7 Å².